The fourth-order valence-electron chi connectivity index (χ4n) is 6.15. The first kappa shape index (κ1) is 28.6. The standard InChI is InChI=1S/C24H44Cl2N3O4P3/c25-34(26)27-35(30-21-13-5-1-6-14-21,31-22-15-7-2-8-16-22)29-36(28-34,32-23-17-9-3-10-18-23)33-24-19-11-4-12-20-24/h21-24H,1-20H2. The summed E-state index contributed by atoms with van der Waals surface area (Å²) in [5.41, 5.74) is 0. The molecule has 208 valence electrons. The van der Waals surface area contributed by atoms with Gasteiger partial charge in [-0.05, 0) is 73.8 Å². The van der Waals surface area contributed by atoms with Crippen molar-refractivity contribution in [1.82, 2.24) is 0 Å². The lowest BCUT2D eigenvalue weighted by molar-refractivity contribution is 0.0894. The Morgan fingerprint density at radius 1 is 0.389 bits per heavy atom. The summed E-state index contributed by atoms with van der Waals surface area (Å²) in [7, 11) is -6.33. The van der Waals surface area contributed by atoms with Gasteiger partial charge in [-0.1, -0.05) is 77.0 Å². The lowest BCUT2D eigenvalue weighted by atomic mass is 9.98. The summed E-state index contributed by atoms with van der Waals surface area (Å²) >= 11 is 13.9. The summed E-state index contributed by atoms with van der Waals surface area (Å²) in [6.07, 6.45) is 22.3. The van der Waals surface area contributed by atoms with Gasteiger partial charge in [-0.15, -0.1) is 4.52 Å². The number of rotatable bonds is 8. The topological polar surface area (TPSA) is 74.0 Å². The van der Waals surface area contributed by atoms with Gasteiger partial charge in [-0.25, -0.2) is 0 Å². The maximum atomic E-state index is 6.93. The zero-order valence-electron chi connectivity index (χ0n) is 21.5. The first-order valence-corrected chi connectivity index (χ1v) is 21.0. The van der Waals surface area contributed by atoms with Gasteiger partial charge in [0.2, 0.25) is 0 Å². The molecule has 1 aliphatic heterocycles. The van der Waals surface area contributed by atoms with Gasteiger partial charge in [0.15, 0.2) is 0 Å². The average Bonchev–Trinajstić information content (AvgIpc) is 2.85. The second kappa shape index (κ2) is 13.2. The molecule has 1 heterocycles. The molecule has 0 aromatic heterocycles. The first-order chi connectivity index (χ1) is 17.4. The maximum Gasteiger partial charge on any atom is 0.347 e. The summed E-state index contributed by atoms with van der Waals surface area (Å²) in [5.74, 6) is -3.15. The molecule has 4 saturated carbocycles. The van der Waals surface area contributed by atoms with Crippen LogP contribution in [-0.4, -0.2) is 24.4 Å². The van der Waals surface area contributed by atoms with Crippen LogP contribution in [0.1, 0.15) is 128 Å². The second-order valence-corrected chi connectivity index (χ2v) is 20.4. The van der Waals surface area contributed by atoms with Gasteiger partial charge in [0.05, 0.1) is 24.4 Å². The zero-order valence-corrected chi connectivity index (χ0v) is 25.7. The number of halogens is 2. The Hall–Kier alpha value is 1.11. The molecule has 0 saturated heterocycles. The van der Waals surface area contributed by atoms with E-state index in [2.05, 4.69) is 0 Å². The maximum absolute atomic E-state index is 6.93. The van der Waals surface area contributed by atoms with E-state index >= 15 is 0 Å². The van der Waals surface area contributed by atoms with E-state index in [1.807, 2.05) is 0 Å². The molecular formula is C24H44Cl2N3O4P3. The van der Waals surface area contributed by atoms with Crippen molar-refractivity contribution >= 4 is 43.7 Å². The summed E-state index contributed by atoms with van der Waals surface area (Å²) < 4.78 is 42.2. The highest BCUT2D eigenvalue weighted by molar-refractivity contribution is 8.13. The van der Waals surface area contributed by atoms with Crippen LogP contribution in [0.3, 0.4) is 0 Å². The van der Waals surface area contributed by atoms with Crippen LogP contribution in [0.4, 0.5) is 0 Å². The number of hydrogen-bond acceptors (Lipinski definition) is 7. The lowest BCUT2D eigenvalue weighted by Crippen LogP contribution is -2.22. The minimum atomic E-state index is -3.16. The van der Waals surface area contributed by atoms with Gasteiger partial charge >= 0.3 is 15.3 Å². The molecule has 4 aliphatic carbocycles. The molecule has 0 aromatic carbocycles. The third-order valence-electron chi connectivity index (χ3n) is 8.02. The fraction of sp³-hybridized carbons (Fsp3) is 1.00. The summed E-state index contributed by atoms with van der Waals surface area (Å²) in [6, 6.07) is 0. The molecule has 0 unspecified atom stereocenters. The van der Waals surface area contributed by atoms with E-state index in [4.69, 9.17) is 54.1 Å². The Labute approximate surface area is 227 Å². The van der Waals surface area contributed by atoms with Crippen LogP contribution in [0.15, 0.2) is 13.5 Å². The molecule has 0 radical (unpaired) electrons. The SMILES string of the molecule is ClP1(Cl)=NP(OC2CCCCC2)(OC2CCCCC2)=NP(OC2CCCCC2)(OC2CCCCC2)=N1. The molecule has 7 nitrogen and oxygen atoms in total. The van der Waals surface area contributed by atoms with Gasteiger partial charge in [0.1, 0.15) is 0 Å². The van der Waals surface area contributed by atoms with Crippen molar-refractivity contribution in [1.29, 1.82) is 0 Å². The second-order valence-electron chi connectivity index (χ2n) is 11.2. The molecule has 0 aromatic rings. The third-order valence-corrected chi connectivity index (χ3v) is 18.1. The van der Waals surface area contributed by atoms with E-state index in [9.17, 15) is 0 Å². The largest absolute Gasteiger partial charge is 0.347 e. The fourth-order valence-corrected chi connectivity index (χ4v) is 17.8. The van der Waals surface area contributed by atoms with Crippen molar-refractivity contribution in [2.24, 2.45) is 13.5 Å². The molecule has 0 amide bonds. The van der Waals surface area contributed by atoms with Gasteiger partial charge in [0.25, 0.3) is 5.91 Å². The Kier molecular flexibility index (Phi) is 10.5. The molecular weight excluding hydrogens is 558 g/mol. The molecule has 4 fully saturated rings. The predicted octanol–water partition coefficient (Wildman–Crippen LogP) is 11.7. The zero-order chi connectivity index (χ0) is 24.9. The minimum absolute atomic E-state index is 0.0564. The van der Waals surface area contributed by atoms with Crippen LogP contribution in [0.25, 0.3) is 0 Å². The van der Waals surface area contributed by atoms with E-state index in [0.29, 0.717) is 0 Å². The number of nitrogens with zero attached hydrogens (tertiary/aromatic N) is 3. The van der Waals surface area contributed by atoms with E-state index in [-0.39, 0.29) is 24.4 Å². The average molecular weight is 602 g/mol. The Bertz CT molecular complexity index is 800. The van der Waals surface area contributed by atoms with Crippen LogP contribution >= 0.6 is 43.7 Å². The normalized spacial score (nSPS) is 30.2. The molecule has 0 bridgehead atoms. The van der Waals surface area contributed by atoms with Crippen molar-refractivity contribution in [2.75, 3.05) is 0 Å². The van der Waals surface area contributed by atoms with Gasteiger partial charge in [0, 0.05) is 0 Å². The summed E-state index contributed by atoms with van der Waals surface area (Å²) in [6.45, 7) is 0. The molecule has 12 heteroatoms. The van der Waals surface area contributed by atoms with Crippen molar-refractivity contribution in [2.45, 2.75) is 153 Å². The Morgan fingerprint density at radius 3 is 0.972 bits per heavy atom. The quantitative estimate of drug-likeness (QED) is 0.259. The predicted molar refractivity (Wildman–Crippen MR) is 152 cm³/mol. The smallest absolute Gasteiger partial charge is 0.303 e. The summed E-state index contributed by atoms with van der Waals surface area (Å²) in [4.78, 5) is 0. The summed E-state index contributed by atoms with van der Waals surface area (Å²) in [5, 5.41) is 0. The van der Waals surface area contributed by atoms with Gasteiger partial charge in [-0.3, -0.25) is 0 Å². The monoisotopic (exact) mass is 601 g/mol. The lowest BCUT2D eigenvalue weighted by Gasteiger charge is -2.38. The van der Waals surface area contributed by atoms with Crippen LogP contribution in [0, 0.1) is 0 Å². The third kappa shape index (κ3) is 8.08. The Morgan fingerprint density at radius 2 is 0.667 bits per heavy atom. The van der Waals surface area contributed by atoms with Crippen molar-refractivity contribution in [3.05, 3.63) is 0 Å². The van der Waals surface area contributed by atoms with E-state index in [0.717, 1.165) is 103 Å². The highest BCUT2D eigenvalue weighted by atomic mass is 35.9. The van der Waals surface area contributed by atoms with E-state index in [1.54, 1.807) is 0 Å². The van der Waals surface area contributed by atoms with Crippen molar-refractivity contribution < 1.29 is 18.1 Å². The highest BCUT2D eigenvalue weighted by Crippen LogP contribution is 2.84. The van der Waals surface area contributed by atoms with Crippen LogP contribution in [0.2, 0.25) is 0 Å². The van der Waals surface area contributed by atoms with Crippen LogP contribution in [-0.2, 0) is 18.1 Å². The van der Waals surface area contributed by atoms with Crippen molar-refractivity contribution in [3.63, 3.8) is 0 Å². The highest BCUT2D eigenvalue weighted by Gasteiger charge is 2.45. The first-order valence-electron chi connectivity index (χ1n) is 14.5. The molecule has 5 rings (SSSR count). The van der Waals surface area contributed by atoms with Gasteiger partial charge in [-0.2, -0.15) is 9.03 Å². The molecule has 36 heavy (non-hydrogen) atoms. The molecule has 0 spiro atoms. The Balaban J connectivity index is 1.54. The molecule has 0 atom stereocenters. The molecule has 5 aliphatic rings. The van der Waals surface area contributed by atoms with Gasteiger partial charge < -0.3 is 18.1 Å². The van der Waals surface area contributed by atoms with E-state index < -0.39 is 21.2 Å². The van der Waals surface area contributed by atoms with Crippen LogP contribution < -0.4 is 0 Å². The van der Waals surface area contributed by atoms with Crippen LogP contribution in [0.5, 0.6) is 0 Å². The molecule has 0 N–H and O–H groups in total. The minimum Gasteiger partial charge on any atom is -0.303 e. The van der Waals surface area contributed by atoms with E-state index in [1.165, 1.54) is 25.7 Å². The number of hydrogen-bond donors (Lipinski definition) is 0. The van der Waals surface area contributed by atoms with Crippen molar-refractivity contribution in [3.8, 4) is 0 Å².